The molecular weight excluding hydrogens is 435 g/mol. The Bertz CT molecular complexity index is 1110. The van der Waals surface area contributed by atoms with Crippen molar-refractivity contribution in [3.05, 3.63) is 64.0 Å². The third-order valence-corrected chi connectivity index (χ3v) is 6.64. The maximum absolute atomic E-state index is 13.1. The number of hydrogen-bond donors (Lipinski definition) is 0. The van der Waals surface area contributed by atoms with E-state index >= 15 is 0 Å². The molecule has 6 nitrogen and oxygen atoms in total. The highest BCUT2D eigenvalue weighted by molar-refractivity contribution is 6.36. The molecule has 160 valence electrons. The molecule has 2 aromatic carbocycles. The zero-order chi connectivity index (χ0) is 21.4. The van der Waals surface area contributed by atoms with Gasteiger partial charge in [-0.3, -0.25) is 9.69 Å². The zero-order valence-electron chi connectivity index (χ0n) is 16.9. The summed E-state index contributed by atoms with van der Waals surface area (Å²) in [5.74, 6) is 1.31. The van der Waals surface area contributed by atoms with Crippen LogP contribution in [0.15, 0.2) is 47.0 Å². The largest absolute Gasteiger partial charge is 0.338 e. The molecule has 0 N–H and O–H groups in total. The van der Waals surface area contributed by atoms with Crippen LogP contribution >= 0.6 is 23.2 Å². The number of likely N-dealkylation sites (tertiary alicyclic amines) is 1. The number of benzene rings is 2. The number of piperidine rings is 1. The van der Waals surface area contributed by atoms with Crippen LogP contribution in [0, 0.1) is 5.92 Å². The number of nitrogens with zero attached hydrogens (tertiary/aromatic N) is 4. The van der Waals surface area contributed by atoms with Crippen molar-refractivity contribution in [2.75, 3.05) is 24.5 Å². The number of halogens is 2. The fourth-order valence-corrected chi connectivity index (χ4v) is 4.91. The van der Waals surface area contributed by atoms with E-state index in [1.54, 1.807) is 18.2 Å². The minimum atomic E-state index is 0.0635. The summed E-state index contributed by atoms with van der Waals surface area (Å²) in [5.41, 5.74) is 3.03. The van der Waals surface area contributed by atoms with E-state index in [0.29, 0.717) is 33.9 Å². The van der Waals surface area contributed by atoms with Gasteiger partial charge in [0.25, 0.3) is 0 Å². The highest BCUT2D eigenvalue weighted by atomic mass is 35.5. The Kier molecular flexibility index (Phi) is 5.69. The van der Waals surface area contributed by atoms with Gasteiger partial charge in [0.2, 0.25) is 17.6 Å². The van der Waals surface area contributed by atoms with Gasteiger partial charge in [-0.25, -0.2) is 0 Å². The van der Waals surface area contributed by atoms with Gasteiger partial charge < -0.3 is 9.42 Å². The number of carbonyl (C=O) groups is 1. The van der Waals surface area contributed by atoms with E-state index in [4.69, 9.17) is 27.7 Å². The molecule has 2 aliphatic rings. The predicted octanol–water partition coefficient (Wildman–Crippen LogP) is 4.84. The smallest absolute Gasteiger partial charge is 0.241 e. The molecule has 0 aliphatic carbocycles. The lowest BCUT2D eigenvalue weighted by Crippen LogP contribution is -2.42. The van der Waals surface area contributed by atoms with Gasteiger partial charge in [-0.1, -0.05) is 46.6 Å². The predicted molar refractivity (Wildman–Crippen MR) is 120 cm³/mol. The first kappa shape index (κ1) is 20.5. The molecular formula is C23H22Cl2N4O2. The lowest BCUT2D eigenvalue weighted by atomic mass is 9.95. The van der Waals surface area contributed by atoms with Crippen LogP contribution in [0.2, 0.25) is 10.0 Å². The molecule has 8 heteroatoms. The minimum absolute atomic E-state index is 0.0635. The van der Waals surface area contributed by atoms with Gasteiger partial charge in [0.1, 0.15) is 0 Å². The van der Waals surface area contributed by atoms with Crippen LogP contribution in [0.4, 0.5) is 5.69 Å². The standard InChI is InChI=1S/C23H22Cl2N4O2/c24-17-5-6-18(19(25)13-17)22-26-21(31-27-22)14-28-10-7-16(8-11-28)23(30)29-12-9-15-3-1-2-4-20(15)29/h1-6,13,16H,7-12,14H2. The van der Waals surface area contributed by atoms with Crippen LogP contribution in [-0.2, 0) is 17.8 Å². The normalized spacial score (nSPS) is 17.2. The second kappa shape index (κ2) is 8.61. The van der Waals surface area contributed by atoms with E-state index < -0.39 is 0 Å². The van der Waals surface area contributed by atoms with Gasteiger partial charge in [-0.15, -0.1) is 0 Å². The van der Waals surface area contributed by atoms with E-state index in [0.717, 1.165) is 44.6 Å². The Labute approximate surface area is 190 Å². The van der Waals surface area contributed by atoms with Crippen molar-refractivity contribution < 1.29 is 9.32 Å². The van der Waals surface area contributed by atoms with Crippen LogP contribution in [0.3, 0.4) is 0 Å². The summed E-state index contributed by atoms with van der Waals surface area (Å²) >= 11 is 12.2. The van der Waals surface area contributed by atoms with Crippen LogP contribution in [0.25, 0.3) is 11.4 Å². The quantitative estimate of drug-likeness (QED) is 0.561. The highest BCUT2D eigenvalue weighted by Crippen LogP contribution is 2.32. The Hall–Kier alpha value is -2.41. The molecule has 0 saturated carbocycles. The van der Waals surface area contributed by atoms with Crippen LogP contribution in [-0.4, -0.2) is 40.6 Å². The number of rotatable bonds is 4. The number of carbonyl (C=O) groups excluding carboxylic acids is 1. The number of fused-ring (bicyclic) bond motifs is 1. The Balaban J connectivity index is 1.18. The summed E-state index contributed by atoms with van der Waals surface area (Å²) in [6.45, 7) is 3.00. The zero-order valence-corrected chi connectivity index (χ0v) is 18.4. The Morgan fingerprint density at radius 1 is 1.10 bits per heavy atom. The van der Waals surface area contributed by atoms with Gasteiger partial charge in [0, 0.05) is 28.7 Å². The fraction of sp³-hybridized carbons (Fsp3) is 0.348. The molecule has 1 aromatic heterocycles. The number of amides is 1. The molecule has 3 heterocycles. The number of para-hydroxylation sites is 1. The van der Waals surface area contributed by atoms with Crippen LogP contribution in [0.5, 0.6) is 0 Å². The topological polar surface area (TPSA) is 62.5 Å². The van der Waals surface area contributed by atoms with Crippen molar-refractivity contribution in [1.82, 2.24) is 15.0 Å². The SMILES string of the molecule is O=C(C1CCN(Cc2nc(-c3ccc(Cl)cc3Cl)no2)CC1)N1CCc2ccccc21. The lowest BCUT2D eigenvalue weighted by molar-refractivity contribution is -0.123. The summed E-state index contributed by atoms with van der Waals surface area (Å²) in [6, 6.07) is 13.4. The van der Waals surface area contributed by atoms with Crippen molar-refractivity contribution in [3.8, 4) is 11.4 Å². The molecule has 31 heavy (non-hydrogen) atoms. The van der Waals surface area contributed by atoms with Gasteiger partial charge in [-0.05, 0) is 62.2 Å². The molecule has 0 radical (unpaired) electrons. The monoisotopic (exact) mass is 456 g/mol. The maximum Gasteiger partial charge on any atom is 0.241 e. The van der Waals surface area contributed by atoms with E-state index in [-0.39, 0.29) is 11.8 Å². The second-order valence-corrected chi connectivity index (χ2v) is 8.90. The summed E-state index contributed by atoms with van der Waals surface area (Å²) in [5, 5.41) is 5.11. The van der Waals surface area contributed by atoms with Gasteiger partial charge >= 0.3 is 0 Å². The number of aromatic nitrogens is 2. The molecule has 3 aromatic rings. The Morgan fingerprint density at radius 3 is 2.71 bits per heavy atom. The van der Waals surface area contributed by atoms with E-state index in [1.807, 2.05) is 17.0 Å². The summed E-state index contributed by atoms with van der Waals surface area (Å²) in [4.78, 5) is 21.8. The lowest BCUT2D eigenvalue weighted by Gasteiger charge is -2.32. The molecule has 1 fully saturated rings. The van der Waals surface area contributed by atoms with Crippen molar-refractivity contribution >= 4 is 34.8 Å². The molecule has 0 bridgehead atoms. The van der Waals surface area contributed by atoms with Crippen molar-refractivity contribution in [2.45, 2.75) is 25.8 Å². The molecule has 0 unspecified atom stereocenters. The van der Waals surface area contributed by atoms with Gasteiger partial charge in [0.05, 0.1) is 11.6 Å². The maximum atomic E-state index is 13.1. The van der Waals surface area contributed by atoms with E-state index in [1.165, 1.54) is 5.56 Å². The average Bonchev–Trinajstić information content (AvgIpc) is 3.41. The number of anilines is 1. The molecule has 0 atom stereocenters. The van der Waals surface area contributed by atoms with Crippen molar-refractivity contribution in [2.24, 2.45) is 5.92 Å². The average molecular weight is 457 g/mol. The first-order valence-electron chi connectivity index (χ1n) is 10.5. The number of hydrogen-bond acceptors (Lipinski definition) is 5. The van der Waals surface area contributed by atoms with Crippen molar-refractivity contribution in [3.63, 3.8) is 0 Å². The molecule has 5 rings (SSSR count). The summed E-state index contributed by atoms with van der Waals surface area (Å²) < 4.78 is 5.43. The summed E-state index contributed by atoms with van der Waals surface area (Å²) in [6.07, 6.45) is 2.61. The van der Waals surface area contributed by atoms with E-state index in [9.17, 15) is 4.79 Å². The first-order chi connectivity index (χ1) is 15.1. The van der Waals surface area contributed by atoms with Crippen LogP contribution < -0.4 is 4.90 Å². The van der Waals surface area contributed by atoms with Gasteiger partial charge in [0.15, 0.2) is 0 Å². The van der Waals surface area contributed by atoms with Gasteiger partial charge in [-0.2, -0.15) is 4.98 Å². The third-order valence-electron chi connectivity index (χ3n) is 6.09. The van der Waals surface area contributed by atoms with E-state index in [2.05, 4.69) is 27.2 Å². The first-order valence-corrected chi connectivity index (χ1v) is 11.2. The molecule has 0 spiro atoms. The Morgan fingerprint density at radius 2 is 1.90 bits per heavy atom. The molecule has 1 amide bonds. The highest BCUT2D eigenvalue weighted by Gasteiger charge is 2.32. The van der Waals surface area contributed by atoms with Crippen molar-refractivity contribution in [1.29, 1.82) is 0 Å². The van der Waals surface area contributed by atoms with Crippen LogP contribution in [0.1, 0.15) is 24.3 Å². The molecule has 2 aliphatic heterocycles. The second-order valence-electron chi connectivity index (χ2n) is 8.05. The minimum Gasteiger partial charge on any atom is -0.338 e. The fourth-order valence-electron chi connectivity index (χ4n) is 4.42. The summed E-state index contributed by atoms with van der Waals surface area (Å²) in [7, 11) is 0. The third kappa shape index (κ3) is 4.20. The molecule has 1 saturated heterocycles.